The SMILES string of the molecule is C=C(C(CC[C@H](C)CC)CC(C)CC)N1C=CN=C(N)/C1=C(\c1ccc(C=O)cc1OCC)C(C)CC. The predicted molar refractivity (Wildman–Crippen MR) is 157 cm³/mol. The molecule has 4 atom stereocenters. The van der Waals surface area contributed by atoms with Crippen molar-refractivity contribution in [2.24, 2.45) is 34.4 Å². The Bertz CT molecular complexity index is 1010. The van der Waals surface area contributed by atoms with E-state index in [1.54, 1.807) is 6.20 Å². The first-order chi connectivity index (χ1) is 17.7. The first kappa shape index (κ1) is 30.4. The monoisotopic (exact) mass is 507 g/mol. The lowest BCUT2D eigenvalue weighted by Gasteiger charge is -2.36. The number of aliphatic imine (C=N–C) groups is 1. The number of carbonyl (C=O) groups excluding carboxylic acids is 1. The van der Waals surface area contributed by atoms with E-state index in [-0.39, 0.29) is 5.92 Å². The molecule has 1 aromatic carbocycles. The van der Waals surface area contributed by atoms with Gasteiger partial charge in [0.05, 0.1) is 12.3 Å². The van der Waals surface area contributed by atoms with Gasteiger partial charge >= 0.3 is 0 Å². The van der Waals surface area contributed by atoms with E-state index in [0.717, 1.165) is 54.5 Å². The summed E-state index contributed by atoms with van der Waals surface area (Å²) in [5.41, 5.74) is 11.2. The molecule has 0 aromatic heterocycles. The molecule has 5 nitrogen and oxygen atoms in total. The standard InChI is InChI=1S/C32H49N3O2/c1-9-22(5)13-15-27(19-23(6)10-2)25(8)35-18-17-34-32(33)31(35)30(24(7)11-3)28-16-14-26(21-36)20-29(28)37-12-4/h14,16-18,20-24,27H,8-13,15,19H2,1-7H3,(H2,33,34)/b31-30+/t22-,23?,24?,27?/m1/s1. The molecule has 0 radical (unpaired) electrons. The smallest absolute Gasteiger partial charge is 0.150 e. The molecular weight excluding hydrogens is 458 g/mol. The van der Waals surface area contributed by atoms with Crippen molar-refractivity contribution in [2.45, 2.75) is 87.0 Å². The average Bonchev–Trinajstić information content (AvgIpc) is 2.91. The summed E-state index contributed by atoms with van der Waals surface area (Å²) in [5, 5.41) is 0. The zero-order valence-electron chi connectivity index (χ0n) is 24.2. The number of ether oxygens (including phenoxy) is 1. The Balaban J connectivity index is 2.69. The van der Waals surface area contributed by atoms with Crippen LogP contribution in [-0.4, -0.2) is 23.6 Å². The molecule has 1 aromatic rings. The quantitative estimate of drug-likeness (QED) is 0.243. The maximum Gasteiger partial charge on any atom is 0.150 e. The normalized spacial score (nSPS) is 18.0. The maximum absolute atomic E-state index is 11.5. The van der Waals surface area contributed by atoms with Crippen molar-refractivity contribution in [3.05, 3.63) is 59.7 Å². The first-order valence-electron chi connectivity index (χ1n) is 14.2. The molecule has 1 aliphatic heterocycles. The first-order valence-corrected chi connectivity index (χ1v) is 14.2. The molecule has 5 heteroatoms. The minimum Gasteiger partial charge on any atom is -0.493 e. The topological polar surface area (TPSA) is 67.9 Å². The van der Waals surface area contributed by atoms with Crippen molar-refractivity contribution in [3.8, 4) is 5.75 Å². The van der Waals surface area contributed by atoms with Crippen molar-refractivity contribution in [3.63, 3.8) is 0 Å². The lowest BCUT2D eigenvalue weighted by molar-refractivity contribution is 0.112. The van der Waals surface area contributed by atoms with Crippen LogP contribution in [0.25, 0.3) is 5.57 Å². The Hall–Kier alpha value is -2.82. The molecule has 1 aliphatic rings. The molecule has 3 unspecified atom stereocenters. The van der Waals surface area contributed by atoms with E-state index in [4.69, 9.17) is 10.5 Å². The van der Waals surface area contributed by atoms with Gasteiger partial charge in [0.2, 0.25) is 0 Å². The van der Waals surface area contributed by atoms with Crippen LogP contribution in [0.4, 0.5) is 0 Å². The summed E-state index contributed by atoms with van der Waals surface area (Å²) in [6, 6.07) is 5.64. The van der Waals surface area contributed by atoms with Crippen LogP contribution in [0.2, 0.25) is 0 Å². The van der Waals surface area contributed by atoms with E-state index in [2.05, 4.69) is 58.0 Å². The van der Waals surface area contributed by atoms with E-state index in [1.807, 2.05) is 31.3 Å². The third-order valence-corrected chi connectivity index (χ3v) is 7.87. The summed E-state index contributed by atoms with van der Waals surface area (Å²) in [5.74, 6) is 2.99. The zero-order valence-corrected chi connectivity index (χ0v) is 24.2. The summed E-state index contributed by atoms with van der Waals surface area (Å²) in [6.45, 7) is 20.7. The largest absolute Gasteiger partial charge is 0.493 e. The number of aldehydes is 1. The Labute approximate surface area is 225 Å². The van der Waals surface area contributed by atoms with Crippen molar-refractivity contribution in [1.82, 2.24) is 4.90 Å². The van der Waals surface area contributed by atoms with E-state index < -0.39 is 0 Å². The fourth-order valence-electron chi connectivity index (χ4n) is 4.85. The summed E-state index contributed by atoms with van der Waals surface area (Å²) >= 11 is 0. The van der Waals surface area contributed by atoms with E-state index in [9.17, 15) is 4.79 Å². The Morgan fingerprint density at radius 3 is 2.38 bits per heavy atom. The van der Waals surface area contributed by atoms with E-state index >= 15 is 0 Å². The minimum absolute atomic E-state index is 0.181. The summed E-state index contributed by atoms with van der Waals surface area (Å²) in [6.07, 6.45) is 11.3. The van der Waals surface area contributed by atoms with E-state index in [1.165, 1.54) is 12.8 Å². The molecule has 204 valence electrons. The minimum atomic E-state index is 0.181. The molecule has 1 heterocycles. The number of allylic oxidation sites excluding steroid dienone is 2. The molecule has 2 rings (SSSR count). The highest BCUT2D eigenvalue weighted by atomic mass is 16.5. The van der Waals surface area contributed by atoms with Gasteiger partial charge in [0, 0.05) is 29.2 Å². The number of hydrogen-bond donors (Lipinski definition) is 1. The van der Waals surface area contributed by atoms with Gasteiger partial charge < -0.3 is 15.4 Å². The Kier molecular flexibility index (Phi) is 12.2. The molecule has 0 saturated carbocycles. The summed E-state index contributed by atoms with van der Waals surface area (Å²) in [4.78, 5) is 18.2. The lowest BCUT2D eigenvalue weighted by atomic mass is 9.84. The van der Waals surface area contributed by atoms with Crippen LogP contribution < -0.4 is 10.5 Å². The number of hydrogen-bond acceptors (Lipinski definition) is 5. The average molecular weight is 508 g/mol. The molecule has 2 N–H and O–H groups in total. The second kappa shape index (κ2) is 14.8. The van der Waals surface area contributed by atoms with Crippen LogP contribution in [0.1, 0.15) is 103 Å². The van der Waals surface area contributed by atoms with Gasteiger partial charge in [0.25, 0.3) is 0 Å². The molecule has 0 bridgehead atoms. The number of carbonyl (C=O) groups is 1. The number of benzene rings is 1. The third kappa shape index (κ3) is 7.83. The van der Waals surface area contributed by atoms with Gasteiger partial charge in [-0.05, 0) is 61.5 Å². The van der Waals surface area contributed by atoms with Crippen LogP contribution in [0.5, 0.6) is 5.75 Å². The second-order valence-electron chi connectivity index (χ2n) is 10.6. The van der Waals surface area contributed by atoms with Crippen molar-refractivity contribution < 1.29 is 9.53 Å². The van der Waals surface area contributed by atoms with Gasteiger partial charge in [-0.15, -0.1) is 0 Å². The lowest BCUT2D eigenvalue weighted by Crippen LogP contribution is -2.34. The molecule has 0 fully saturated rings. The zero-order chi connectivity index (χ0) is 27.5. The molecule has 0 spiro atoms. The molecule has 0 amide bonds. The molecule has 37 heavy (non-hydrogen) atoms. The predicted octanol–water partition coefficient (Wildman–Crippen LogP) is 8.19. The van der Waals surface area contributed by atoms with Crippen molar-refractivity contribution >= 4 is 17.7 Å². The van der Waals surface area contributed by atoms with Gasteiger partial charge in [-0.3, -0.25) is 4.79 Å². The number of rotatable bonds is 15. The molecular formula is C32H49N3O2. The van der Waals surface area contributed by atoms with Crippen LogP contribution in [-0.2, 0) is 0 Å². The number of nitrogens with zero attached hydrogens (tertiary/aromatic N) is 2. The molecule has 0 aliphatic carbocycles. The fourth-order valence-corrected chi connectivity index (χ4v) is 4.85. The fraction of sp³-hybridized carbons (Fsp3) is 0.562. The van der Waals surface area contributed by atoms with Gasteiger partial charge in [-0.2, -0.15) is 0 Å². The van der Waals surface area contributed by atoms with Crippen molar-refractivity contribution in [2.75, 3.05) is 6.61 Å². The number of amidine groups is 1. The highest BCUT2D eigenvalue weighted by Gasteiger charge is 2.30. The second-order valence-corrected chi connectivity index (χ2v) is 10.6. The Morgan fingerprint density at radius 2 is 1.78 bits per heavy atom. The summed E-state index contributed by atoms with van der Waals surface area (Å²) < 4.78 is 6.04. The van der Waals surface area contributed by atoms with E-state index in [0.29, 0.717) is 41.5 Å². The highest BCUT2D eigenvalue weighted by Crippen LogP contribution is 2.40. The van der Waals surface area contributed by atoms with Gasteiger partial charge in [-0.1, -0.05) is 79.5 Å². The maximum atomic E-state index is 11.5. The van der Waals surface area contributed by atoms with Crippen molar-refractivity contribution in [1.29, 1.82) is 0 Å². The van der Waals surface area contributed by atoms with Gasteiger partial charge in [0.15, 0.2) is 0 Å². The van der Waals surface area contributed by atoms with Crippen LogP contribution >= 0.6 is 0 Å². The van der Waals surface area contributed by atoms with Gasteiger partial charge in [-0.25, -0.2) is 4.99 Å². The molecule has 0 saturated heterocycles. The van der Waals surface area contributed by atoms with Crippen LogP contribution in [0, 0.1) is 23.7 Å². The van der Waals surface area contributed by atoms with Gasteiger partial charge in [0.1, 0.15) is 17.9 Å². The Morgan fingerprint density at radius 1 is 1.08 bits per heavy atom. The number of nitrogens with two attached hydrogens (primary N) is 1. The van der Waals surface area contributed by atoms with Crippen LogP contribution in [0.3, 0.4) is 0 Å². The third-order valence-electron chi connectivity index (χ3n) is 7.87. The van der Waals surface area contributed by atoms with Crippen LogP contribution in [0.15, 0.2) is 53.6 Å². The highest BCUT2D eigenvalue weighted by molar-refractivity contribution is 6.05. The summed E-state index contributed by atoms with van der Waals surface area (Å²) in [7, 11) is 0.